The molecule has 1 aromatic rings. The second-order valence-electron chi connectivity index (χ2n) is 10.1. The number of hydrogen-bond acceptors (Lipinski definition) is 2. The Morgan fingerprint density at radius 1 is 0.750 bits per heavy atom. The predicted molar refractivity (Wildman–Crippen MR) is 127 cm³/mol. The lowest BCUT2D eigenvalue weighted by atomic mass is 9.76. The molecule has 0 saturated heterocycles. The summed E-state index contributed by atoms with van der Waals surface area (Å²) in [5.74, 6) is -0.0820. The summed E-state index contributed by atoms with van der Waals surface area (Å²) in [7, 11) is 1.74. The molecule has 0 bridgehead atoms. The molecule has 0 unspecified atom stereocenters. The molecule has 0 N–H and O–H groups in total. The van der Waals surface area contributed by atoms with Gasteiger partial charge in [-0.15, -0.1) is 0 Å². The Balaban J connectivity index is 1.44. The first-order chi connectivity index (χ1) is 15.6. The van der Waals surface area contributed by atoms with E-state index in [4.69, 9.17) is 9.47 Å². The largest absolute Gasteiger partial charge is 0.385 e. The van der Waals surface area contributed by atoms with Gasteiger partial charge < -0.3 is 9.47 Å². The van der Waals surface area contributed by atoms with E-state index in [0.29, 0.717) is 11.1 Å². The van der Waals surface area contributed by atoms with Crippen LogP contribution in [0.5, 0.6) is 0 Å². The molecule has 2 aliphatic carbocycles. The highest BCUT2D eigenvalue weighted by molar-refractivity contribution is 5.32. The summed E-state index contributed by atoms with van der Waals surface area (Å²) in [6.45, 7) is 3.87. The number of ether oxygens (including phenoxy) is 2. The van der Waals surface area contributed by atoms with Crippen LogP contribution in [0.4, 0.5) is 8.78 Å². The van der Waals surface area contributed by atoms with Crippen molar-refractivity contribution in [3.8, 4) is 0 Å². The number of hydrogen-bond donors (Lipinski definition) is 0. The van der Waals surface area contributed by atoms with Gasteiger partial charge in [-0.1, -0.05) is 44.7 Å². The zero-order valence-corrected chi connectivity index (χ0v) is 20.4. The van der Waals surface area contributed by atoms with Crippen LogP contribution in [0.2, 0.25) is 0 Å². The number of methoxy groups -OCH3 is 1. The Labute approximate surface area is 194 Å². The summed E-state index contributed by atoms with van der Waals surface area (Å²) in [5.41, 5.74) is 1.20. The van der Waals surface area contributed by atoms with E-state index < -0.39 is 11.6 Å². The molecule has 0 radical (unpaired) electrons. The van der Waals surface area contributed by atoms with Crippen molar-refractivity contribution in [2.45, 2.75) is 115 Å². The fraction of sp³-hybridized carbons (Fsp3) is 0.786. The highest BCUT2D eigenvalue weighted by Crippen LogP contribution is 2.41. The highest BCUT2D eigenvalue weighted by atomic mass is 19.2. The smallest absolute Gasteiger partial charge is 0.162 e. The number of halogens is 2. The maximum Gasteiger partial charge on any atom is 0.162 e. The van der Waals surface area contributed by atoms with Gasteiger partial charge in [-0.3, -0.25) is 0 Å². The molecule has 1 aromatic carbocycles. The van der Waals surface area contributed by atoms with Gasteiger partial charge in [0.25, 0.3) is 0 Å². The molecular weight excluding hydrogens is 406 g/mol. The van der Waals surface area contributed by atoms with E-state index >= 15 is 8.78 Å². The lowest BCUT2D eigenvalue weighted by molar-refractivity contribution is 0.0222. The summed E-state index contributed by atoms with van der Waals surface area (Å²) in [5, 5.41) is 0. The number of benzene rings is 1. The number of rotatable bonds is 12. The predicted octanol–water partition coefficient (Wildman–Crippen LogP) is 8.29. The van der Waals surface area contributed by atoms with E-state index in [1.807, 2.05) is 12.1 Å². The van der Waals surface area contributed by atoms with Crippen molar-refractivity contribution in [1.29, 1.82) is 0 Å². The molecule has 3 rings (SSSR count). The van der Waals surface area contributed by atoms with Crippen molar-refractivity contribution in [3.63, 3.8) is 0 Å². The van der Waals surface area contributed by atoms with Crippen LogP contribution in [0.1, 0.15) is 120 Å². The molecule has 2 nitrogen and oxygen atoms in total. The van der Waals surface area contributed by atoms with Gasteiger partial charge in [0.15, 0.2) is 11.6 Å². The van der Waals surface area contributed by atoms with Crippen molar-refractivity contribution in [2.24, 2.45) is 5.92 Å². The van der Waals surface area contributed by atoms with Crippen LogP contribution in [0, 0.1) is 17.6 Å². The minimum Gasteiger partial charge on any atom is -0.385 e. The molecule has 0 atom stereocenters. The molecule has 2 fully saturated rings. The number of unbranched alkanes of at least 4 members (excludes halogenated alkanes) is 3. The monoisotopic (exact) mass is 450 g/mol. The first kappa shape index (κ1) is 25.6. The molecule has 182 valence electrons. The molecule has 2 saturated carbocycles. The maximum absolute atomic E-state index is 15.1. The SMILES string of the molecule is CCCC1CCC(c2ccc(C3CCC(OCCCCCCOC)CC3)c(F)c2F)CC1. The van der Waals surface area contributed by atoms with Crippen molar-refractivity contribution in [1.82, 2.24) is 0 Å². The second kappa shape index (κ2) is 13.6. The quantitative estimate of drug-likeness (QED) is 0.298. The van der Waals surface area contributed by atoms with E-state index in [-0.39, 0.29) is 17.9 Å². The van der Waals surface area contributed by atoms with Crippen LogP contribution < -0.4 is 0 Å². The van der Waals surface area contributed by atoms with E-state index in [1.54, 1.807) is 7.11 Å². The Bertz CT molecular complexity index is 662. The third-order valence-corrected chi connectivity index (χ3v) is 7.84. The first-order valence-corrected chi connectivity index (χ1v) is 13.2. The molecule has 2 aliphatic rings. The maximum atomic E-state index is 15.1. The van der Waals surface area contributed by atoms with Gasteiger partial charge in [-0.25, -0.2) is 8.78 Å². The van der Waals surface area contributed by atoms with Crippen LogP contribution in [-0.4, -0.2) is 26.4 Å². The van der Waals surface area contributed by atoms with E-state index in [2.05, 4.69) is 6.92 Å². The van der Waals surface area contributed by atoms with Crippen LogP contribution in [0.15, 0.2) is 12.1 Å². The van der Waals surface area contributed by atoms with Crippen molar-refractivity contribution in [3.05, 3.63) is 34.9 Å². The summed E-state index contributed by atoms with van der Waals surface area (Å²) in [4.78, 5) is 0. The van der Waals surface area contributed by atoms with Crippen molar-refractivity contribution in [2.75, 3.05) is 20.3 Å². The van der Waals surface area contributed by atoms with E-state index in [1.165, 1.54) is 25.7 Å². The molecule has 0 spiro atoms. The fourth-order valence-corrected chi connectivity index (χ4v) is 5.87. The second-order valence-corrected chi connectivity index (χ2v) is 10.1. The topological polar surface area (TPSA) is 18.5 Å². The third kappa shape index (κ3) is 7.25. The van der Waals surface area contributed by atoms with Crippen LogP contribution in [-0.2, 0) is 9.47 Å². The Morgan fingerprint density at radius 2 is 1.28 bits per heavy atom. The zero-order chi connectivity index (χ0) is 22.8. The van der Waals surface area contributed by atoms with Gasteiger partial charge in [0.2, 0.25) is 0 Å². The molecule has 4 heteroatoms. The summed E-state index contributed by atoms with van der Waals surface area (Å²) < 4.78 is 41.2. The summed E-state index contributed by atoms with van der Waals surface area (Å²) in [6, 6.07) is 3.78. The third-order valence-electron chi connectivity index (χ3n) is 7.84. The standard InChI is InChI=1S/C28H44F2O2/c1-3-8-21-9-11-22(12-10-21)25-17-18-26(28(30)27(25)29)23-13-15-24(16-14-23)32-20-7-5-4-6-19-31-2/h17-18,21-24H,3-16,19-20H2,1-2H3. The van der Waals surface area contributed by atoms with Crippen LogP contribution in [0.3, 0.4) is 0 Å². The van der Waals surface area contributed by atoms with Gasteiger partial charge >= 0.3 is 0 Å². The van der Waals surface area contributed by atoms with Gasteiger partial charge in [-0.05, 0) is 93.1 Å². The highest BCUT2D eigenvalue weighted by Gasteiger charge is 2.29. The van der Waals surface area contributed by atoms with Gasteiger partial charge in [0.05, 0.1) is 6.10 Å². The molecule has 0 aliphatic heterocycles. The average molecular weight is 451 g/mol. The summed E-state index contributed by atoms with van der Waals surface area (Å²) >= 11 is 0. The van der Waals surface area contributed by atoms with Gasteiger partial charge in [-0.2, -0.15) is 0 Å². The minimum absolute atomic E-state index is 0.118. The Hall–Kier alpha value is -1.00. The Kier molecular flexibility index (Phi) is 10.9. The van der Waals surface area contributed by atoms with E-state index in [9.17, 15) is 0 Å². The molecule has 0 amide bonds. The molecule has 32 heavy (non-hydrogen) atoms. The lowest BCUT2D eigenvalue weighted by Gasteiger charge is -2.31. The average Bonchev–Trinajstić information content (AvgIpc) is 2.82. The molecule has 0 heterocycles. The van der Waals surface area contributed by atoms with Gasteiger partial charge in [0.1, 0.15) is 0 Å². The van der Waals surface area contributed by atoms with Crippen molar-refractivity contribution >= 4 is 0 Å². The first-order valence-electron chi connectivity index (χ1n) is 13.2. The van der Waals surface area contributed by atoms with Crippen LogP contribution >= 0.6 is 0 Å². The molecular formula is C28H44F2O2. The Morgan fingerprint density at radius 3 is 1.81 bits per heavy atom. The molecule has 0 aromatic heterocycles. The fourth-order valence-electron chi connectivity index (χ4n) is 5.87. The van der Waals surface area contributed by atoms with Crippen molar-refractivity contribution < 1.29 is 18.3 Å². The normalized spacial score (nSPS) is 26.4. The summed E-state index contributed by atoms with van der Waals surface area (Å²) in [6.07, 6.45) is 15.3. The zero-order valence-electron chi connectivity index (χ0n) is 20.4. The van der Waals surface area contributed by atoms with Gasteiger partial charge in [0, 0.05) is 20.3 Å². The lowest BCUT2D eigenvalue weighted by Crippen LogP contribution is -2.22. The minimum atomic E-state index is -0.585. The van der Waals surface area contributed by atoms with E-state index in [0.717, 1.165) is 83.3 Å². The van der Waals surface area contributed by atoms with Crippen LogP contribution in [0.25, 0.3) is 0 Å².